The first-order valence-electron chi connectivity index (χ1n) is 16.8. The molecule has 9 rings (SSSR count). The molecule has 0 amide bonds. The average Bonchev–Trinajstić information content (AvgIpc) is 3.21. The molecule has 0 fully saturated rings. The summed E-state index contributed by atoms with van der Waals surface area (Å²) >= 11 is 0. The van der Waals surface area contributed by atoms with E-state index in [1.807, 2.05) is 54.7 Å². The van der Waals surface area contributed by atoms with Crippen LogP contribution in [-0.4, -0.2) is 15.0 Å². The van der Waals surface area contributed by atoms with Gasteiger partial charge in [0.2, 0.25) is 0 Å². The fraction of sp³-hybridized carbons (Fsp3) is 0. The summed E-state index contributed by atoms with van der Waals surface area (Å²) < 4.78 is 0. The van der Waals surface area contributed by atoms with Crippen molar-refractivity contribution in [3.8, 4) is 67.3 Å². The predicted octanol–water partition coefficient (Wildman–Crippen LogP) is 12.2. The van der Waals surface area contributed by atoms with Gasteiger partial charge in [-0.05, 0) is 56.8 Å². The summed E-state index contributed by atoms with van der Waals surface area (Å²) in [4.78, 5) is 14.7. The smallest absolute Gasteiger partial charge is 0.160 e. The lowest BCUT2D eigenvalue weighted by atomic mass is 9.90. The molecule has 0 aliphatic rings. The standard InChI is InChI=1S/C47H31N3/c1-3-11-35(12-4-1)44-30-45(36-13-5-2-6-14-36)50-47(49-44)38-27-25-34(26-28-38)42-19-10-17-37-16-9-18-41(46(37)42)33-23-21-32(22-24-33)40-29-39-15-7-8-20-43(39)48-31-40/h1-31H. The molecule has 0 aliphatic heterocycles. The maximum Gasteiger partial charge on any atom is 0.160 e. The topological polar surface area (TPSA) is 38.7 Å². The molecule has 9 aromatic rings. The summed E-state index contributed by atoms with van der Waals surface area (Å²) in [5, 5.41) is 3.58. The van der Waals surface area contributed by atoms with Gasteiger partial charge < -0.3 is 0 Å². The summed E-state index contributed by atoms with van der Waals surface area (Å²) in [7, 11) is 0. The molecule has 0 bridgehead atoms. The van der Waals surface area contributed by atoms with E-state index in [0.29, 0.717) is 5.82 Å². The van der Waals surface area contributed by atoms with Crippen LogP contribution in [0.25, 0.3) is 89.0 Å². The summed E-state index contributed by atoms with van der Waals surface area (Å²) in [5.74, 6) is 0.706. The van der Waals surface area contributed by atoms with Gasteiger partial charge >= 0.3 is 0 Å². The van der Waals surface area contributed by atoms with Crippen LogP contribution in [-0.2, 0) is 0 Å². The fourth-order valence-electron chi connectivity index (χ4n) is 6.78. The molecular formula is C47H31N3. The van der Waals surface area contributed by atoms with Crippen molar-refractivity contribution < 1.29 is 0 Å². The maximum atomic E-state index is 5.03. The third-order valence-corrected chi connectivity index (χ3v) is 9.34. The molecule has 2 heterocycles. The lowest BCUT2D eigenvalue weighted by molar-refractivity contribution is 1.18. The maximum absolute atomic E-state index is 5.03. The van der Waals surface area contributed by atoms with Gasteiger partial charge in [-0.25, -0.2) is 9.97 Å². The van der Waals surface area contributed by atoms with E-state index in [1.54, 1.807) is 0 Å². The molecule has 0 saturated heterocycles. The Morgan fingerprint density at radius 1 is 0.320 bits per heavy atom. The second kappa shape index (κ2) is 12.7. The minimum atomic E-state index is 0.706. The Morgan fingerprint density at radius 3 is 1.42 bits per heavy atom. The lowest BCUT2D eigenvalue weighted by Crippen LogP contribution is -1.96. The molecule has 0 spiro atoms. The molecule has 234 valence electrons. The number of rotatable bonds is 6. The summed E-state index contributed by atoms with van der Waals surface area (Å²) in [6, 6.07) is 63.8. The molecule has 0 saturated carbocycles. The second-order valence-electron chi connectivity index (χ2n) is 12.5. The minimum Gasteiger partial charge on any atom is -0.256 e. The van der Waals surface area contributed by atoms with E-state index >= 15 is 0 Å². The van der Waals surface area contributed by atoms with Crippen LogP contribution >= 0.6 is 0 Å². The largest absolute Gasteiger partial charge is 0.256 e. The molecule has 0 unspecified atom stereocenters. The normalized spacial score (nSPS) is 11.2. The van der Waals surface area contributed by atoms with Crippen molar-refractivity contribution >= 4 is 21.7 Å². The van der Waals surface area contributed by atoms with Gasteiger partial charge in [-0.2, -0.15) is 0 Å². The second-order valence-corrected chi connectivity index (χ2v) is 12.5. The Balaban J connectivity index is 1.09. The Bertz CT molecular complexity index is 2550. The number of aromatic nitrogens is 3. The molecule has 2 aromatic heterocycles. The van der Waals surface area contributed by atoms with E-state index in [1.165, 1.54) is 27.5 Å². The zero-order valence-electron chi connectivity index (χ0n) is 27.2. The van der Waals surface area contributed by atoms with Crippen molar-refractivity contribution in [1.82, 2.24) is 15.0 Å². The van der Waals surface area contributed by atoms with Crippen LogP contribution in [0.2, 0.25) is 0 Å². The van der Waals surface area contributed by atoms with Crippen LogP contribution < -0.4 is 0 Å². The third kappa shape index (κ3) is 5.61. The molecule has 0 radical (unpaired) electrons. The fourth-order valence-corrected chi connectivity index (χ4v) is 6.78. The first-order chi connectivity index (χ1) is 24.8. The lowest BCUT2D eigenvalue weighted by Gasteiger charge is -2.14. The number of hydrogen-bond acceptors (Lipinski definition) is 3. The van der Waals surface area contributed by atoms with Crippen LogP contribution in [0.4, 0.5) is 0 Å². The van der Waals surface area contributed by atoms with E-state index < -0.39 is 0 Å². The number of benzene rings is 7. The number of pyridine rings is 1. The molecular weight excluding hydrogens is 607 g/mol. The van der Waals surface area contributed by atoms with Crippen LogP contribution in [0, 0.1) is 0 Å². The number of para-hydroxylation sites is 1. The van der Waals surface area contributed by atoms with Crippen molar-refractivity contribution in [3.05, 3.63) is 188 Å². The first kappa shape index (κ1) is 29.4. The summed E-state index contributed by atoms with van der Waals surface area (Å²) in [6.45, 7) is 0. The highest BCUT2D eigenvalue weighted by molar-refractivity contribution is 6.06. The van der Waals surface area contributed by atoms with E-state index in [9.17, 15) is 0 Å². The van der Waals surface area contributed by atoms with E-state index in [2.05, 4.69) is 138 Å². The monoisotopic (exact) mass is 637 g/mol. The highest BCUT2D eigenvalue weighted by Gasteiger charge is 2.14. The van der Waals surface area contributed by atoms with Crippen LogP contribution in [0.15, 0.2) is 188 Å². The van der Waals surface area contributed by atoms with Gasteiger partial charge in [0.25, 0.3) is 0 Å². The highest BCUT2D eigenvalue weighted by atomic mass is 14.9. The number of fused-ring (bicyclic) bond motifs is 2. The van der Waals surface area contributed by atoms with Gasteiger partial charge in [0.1, 0.15) is 0 Å². The van der Waals surface area contributed by atoms with Crippen molar-refractivity contribution in [3.63, 3.8) is 0 Å². The zero-order chi connectivity index (χ0) is 33.3. The van der Waals surface area contributed by atoms with Gasteiger partial charge in [0.05, 0.1) is 16.9 Å². The van der Waals surface area contributed by atoms with Crippen LogP contribution in [0.3, 0.4) is 0 Å². The molecule has 50 heavy (non-hydrogen) atoms. The quantitative estimate of drug-likeness (QED) is 0.182. The van der Waals surface area contributed by atoms with Crippen molar-refractivity contribution in [2.75, 3.05) is 0 Å². The van der Waals surface area contributed by atoms with Gasteiger partial charge in [0, 0.05) is 33.8 Å². The van der Waals surface area contributed by atoms with E-state index in [4.69, 9.17) is 9.97 Å². The summed E-state index contributed by atoms with van der Waals surface area (Å²) in [5.41, 5.74) is 12.9. The number of hydrogen-bond donors (Lipinski definition) is 0. The number of nitrogens with zero attached hydrogens (tertiary/aromatic N) is 3. The Labute approximate surface area is 291 Å². The first-order valence-corrected chi connectivity index (χ1v) is 16.8. The Hall–Kier alpha value is -6.71. The third-order valence-electron chi connectivity index (χ3n) is 9.34. The van der Waals surface area contributed by atoms with Crippen molar-refractivity contribution in [2.24, 2.45) is 0 Å². The highest BCUT2D eigenvalue weighted by Crippen LogP contribution is 2.38. The van der Waals surface area contributed by atoms with Gasteiger partial charge in [0.15, 0.2) is 5.82 Å². The summed E-state index contributed by atoms with van der Waals surface area (Å²) in [6.07, 6.45) is 1.96. The molecule has 0 atom stereocenters. The SMILES string of the molecule is c1ccc(-c2cc(-c3ccccc3)nc(-c3ccc(-c4cccc5cccc(-c6ccc(-c7cnc8ccccc8c7)cc6)c45)cc3)n2)cc1. The van der Waals surface area contributed by atoms with Crippen molar-refractivity contribution in [2.45, 2.75) is 0 Å². The zero-order valence-corrected chi connectivity index (χ0v) is 27.2. The minimum absolute atomic E-state index is 0.706. The molecule has 0 N–H and O–H groups in total. The van der Waals surface area contributed by atoms with E-state index in [0.717, 1.165) is 55.7 Å². The van der Waals surface area contributed by atoms with Crippen LogP contribution in [0.5, 0.6) is 0 Å². The van der Waals surface area contributed by atoms with E-state index in [-0.39, 0.29) is 0 Å². The predicted molar refractivity (Wildman–Crippen MR) is 207 cm³/mol. The molecule has 0 aliphatic carbocycles. The molecule has 7 aromatic carbocycles. The molecule has 3 nitrogen and oxygen atoms in total. The van der Waals surface area contributed by atoms with Gasteiger partial charge in [-0.1, -0.05) is 164 Å². The molecule has 3 heteroatoms. The van der Waals surface area contributed by atoms with Crippen molar-refractivity contribution in [1.29, 1.82) is 0 Å². The van der Waals surface area contributed by atoms with Gasteiger partial charge in [-0.15, -0.1) is 0 Å². The Kier molecular flexibility index (Phi) is 7.49. The van der Waals surface area contributed by atoms with Crippen LogP contribution in [0.1, 0.15) is 0 Å². The van der Waals surface area contributed by atoms with Gasteiger partial charge in [-0.3, -0.25) is 4.98 Å². The Morgan fingerprint density at radius 2 is 0.820 bits per heavy atom. The average molecular weight is 638 g/mol.